The van der Waals surface area contributed by atoms with Gasteiger partial charge in [0.2, 0.25) is 6.29 Å². The van der Waals surface area contributed by atoms with E-state index in [2.05, 4.69) is 6.92 Å². The molecule has 1 aromatic carbocycles. The van der Waals surface area contributed by atoms with E-state index in [1.165, 1.54) is 18.4 Å². The predicted molar refractivity (Wildman–Crippen MR) is 56.2 cm³/mol. The van der Waals surface area contributed by atoms with Gasteiger partial charge >= 0.3 is 0 Å². The summed E-state index contributed by atoms with van der Waals surface area (Å²) in [5.41, 5.74) is 1.31. The number of ether oxygens (including phenoxy) is 1. The lowest BCUT2D eigenvalue weighted by atomic mass is 10.1. The van der Waals surface area contributed by atoms with E-state index in [4.69, 9.17) is 4.74 Å². The van der Waals surface area contributed by atoms with Crippen LogP contribution in [-0.2, 0) is 11.2 Å². The van der Waals surface area contributed by atoms with Gasteiger partial charge in [-0.3, -0.25) is 4.79 Å². The number of hydrogen-bond donors (Lipinski definition) is 0. The monoisotopic (exact) mass is 191 g/mol. The molecule has 0 aromatic heterocycles. The highest BCUT2D eigenvalue weighted by molar-refractivity contribution is 5.52. The van der Waals surface area contributed by atoms with Crippen molar-refractivity contribution in [2.75, 3.05) is 6.61 Å². The van der Waals surface area contributed by atoms with E-state index in [-0.39, 0.29) is 6.61 Å². The average Bonchev–Trinajstić information content (AvgIpc) is 2.25. The summed E-state index contributed by atoms with van der Waals surface area (Å²) in [5.74, 6) is 0.730. The van der Waals surface area contributed by atoms with Gasteiger partial charge in [-0.2, -0.15) is 0 Å². The van der Waals surface area contributed by atoms with Gasteiger partial charge in [-0.1, -0.05) is 25.5 Å². The van der Waals surface area contributed by atoms with E-state index in [0.29, 0.717) is 0 Å². The topological polar surface area (TPSA) is 26.3 Å². The summed E-state index contributed by atoms with van der Waals surface area (Å²) in [6.07, 6.45) is 5.22. The van der Waals surface area contributed by atoms with Crippen molar-refractivity contribution < 1.29 is 9.53 Å². The number of rotatable bonds is 6. The maximum Gasteiger partial charge on any atom is 0.239 e. The molecule has 0 aliphatic rings. The normalized spacial score (nSPS) is 9.79. The molecule has 1 aromatic rings. The van der Waals surface area contributed by atoms with Crippen LogP contribution in [0, 0.1) is 0 Å². The molecule has 0 aliphatic heterocycles. The van der Waals surface area contributed by atoms with Crippen molar-refractivity contribution in [3.63, 3.8) is 0 Å². The summed E-state index contributed by atoms with van der Waals surface area (Å²) in [6.45, 7) is 2.19. The van der Waals surface area contributed by atoms with Gasteiger partial charge in [-0.05, 0) is 30.5 Å². The number of benzene rings is 1. The van der Waals surface area contributed by atoms with Crippen molar-refractivity contribution in [2.24, 2.45) is 0 Å². The third-order valence-corrected chi connectivity index (χ3v) is 2.04. The Morgan fingerprint density at radius 1 is 1.29 bits per heavy atom. The molecular formula is C12H15O2. The molecule has 0 atom stereocenters. The number of carbonyl (C=O) groups excluding carboxylic acids is 1. The molecule has 14 heavy (non-hydrogen) atoms. The van der Waals surface area contributed by atoms with Gasteiger partial charge in [0, 0.05) is 0 Å². The SMILES string of the molecule is CCCCc1ccc(OC[C]=O)cc1. The van der Waals surface area contributed by atoms with E-state index in [9.17, 15) is 4.79 Å². The van der Waals surface area contributed by atoms with Crippen LogP contribution in [0.2, 0.25) is 0 Å². The highest BCUT2D eigenvalue weighted by Gasteiger charge is 1.94. The minimum atomic E-state index is 0.00824. The van der Waals surface area contributed by atoms with Crippen LogP contribution in [0.3, 0.4) is 0 Å². The van der Waals surface area contributed by atoms with Gasteiger partial charge in [0.05, 0.1) is 0 Å². The fraction of sp³-hybridized carbons (Fsp3) is 0.417. The summed E-state index contributed by atoms with van der Waals surface area (Å²) in [7, 11) is 0. The molecule has 0 N–H and O–H groups in total. The Hall–Kier alpha value is -1.31. The van der Waals surface area contributed by atoms with E-state index in [0.717, 1.165) is 12.2 Å². The molecule has 0 aliphatic carbocycles. The zero-order valence-electron chi connectivity index (χ0n) is 8.45. The fourth-order valence-corrected chi connectivity index (χ4v) is 1.25. The van der Waals surface area contributed by atoms with Gasteiger partial charge < -0.3 is 4.74 Å². The first kappa shape index (κ1) is 10.8. The first-order valence-electron chi connectivity index (χ1n) is 4.93. The smallest absolute Gasteiger partial charge is 0.239 e. The van der Waals surface area contributed by atoms with Crippen LogP contribution in [0.15, 0.2) is 24.3 Å². The molecule has 0 amide bonds. The minimum Gasteiger partial charge on any atom is -0.485 e. The van der Waals surface area contributed by atoms with Gasteiger partial charge in [0.1, 0.15) is 5.75 Å². The van der Waals surface area contributed by atoms with Gasteiger partial charge in [-0.25, -0.2) is 0 Å². The highest BCUT2D eigenvalue weighted by atomic mass is 16.5. The predicted octanol–water partition coefficient (Wildman–Crippen LogP) is 2.52. The maximum absolute atomic E-state index is 9.94. The number of aryl methyl sites for hydroxylation is 1. The lowest BCUT2D eigenvalue weighted by Crippen LogP contribution is -1.97. The molecule has 0 saturated heterocycles. The molecule has 1 radical (unpaired) electrons. The zero-order chi connectivity index (χ0) is 10.2. The van der Waals surface area contributed by atoms with E-state index in [1.54, 1.807) is 6.29 Å². The largest absolute Gasteiger partial charge is 0.485 e. The molecule has 0 unspecified atom stereocenters. The molecule has 2 heteroatoms. The molecule has 0 bridgehead atoms. The maximum atomic E-state index is 9.94. The lowest BCUT2D eigenvalue weighted by Gasteiger charge is -2.03. The first-order valence-corrected chi connectivity index (χ1v) is 4.93. The Kier molecular flexibility index (Phi) is 4.76. The Labute approximate surface area is 84.9 Å². The lowest BCUT2D eigenvalue weighted by molar-refractivity contribution is 0.365. The Balaban J connectivity index is 2.46. The molecule has 1 rings (SSSR count). The number of unbranched alkanes of at least 4 members (excludes halogenated alkanes) is 1. The van der Waals surface area contributed by atoms with E-state index >= 15 is 0 Å². The molecule has 0 fully saturated rings. The van der Waals surface area contributed by atoms with Crippen molar-refractivity contribution in [1.29, 1.82) is 0 Å². The van der Waals surface area contributed by atoms with Crippen LogP contribution in [0.1, 0.15) is 25.3 Å². The van der Waals surface area contributed by atoms with Crippen LogP contribution in [-0.4, -0.2) is 12.9 Å². The van der Waals surface area contributed by atoms with Crippen LogP contribution in [0.25, 0.3) is 0 Å². The fourth-order valence-electron chi connectivity index (χ4n) is 1.25. The highest BCUT2D eigenvalue weighted by Crippen LogP contribution is 2.13. The third kappa shape index (κ3) is 3.60. The quantitative estimate of drug-likeness (QED) is 0.690. The summed E-state index contributed by atoms with van der Waals surface area (Å²) in [4.78, 5) is 9.94. The summed E-state index contributed by atoms with van der Waals surface area (Å²) < 4.78 is 5.09. The van der Waals surface area contributed by atoms with E-state index in [1.807, 2.05) is 24.3 Å². The van der Waals surface area contributed by atoms with Crippen molar-refractivity contribution in [2.45, 2.75) is 26.2 Å². The van der Waals surface area contributed by atoms with Gasteiger partial charge in [0.15, 0.2) is 6.61 Å². The van der Waals surface area contributed by atoms with Crippen molar-refractivity contribution >= 4 is 6.29 Å². The van der Waals surface area contributed by atoms with Crippen LogP contribution >= 0.6 is 0 Å². The standard InChI is InChI=1S/C12H15O2/c1-2-3-4-11-5-7-12(8-6-11)14-10-9-13/h5-8H,2-4,10H2,1H3. The Bertz CT molecular complexity index is 264. The molecule has 0 spiro atoms. The van der Waals surface area contributed by atoms with Crippen LogP contribution < -0.4 is 4.74 Å². The summed E-state index contributed by atoms with van der Waals surface area (Å²) in [6, 6.07) is 7.86. The second-order valence-corrected chi connectivity index (χ2v) is 3.18. The van der Waals surface area contributed by atoms with Crippen molar-refractivity contribution in [1.82, 2.24) is 0 Å². The van der Waals surface area contributed by atoms with Gasteiger partial charge in [0.25, 0.3) is 0 Å². The summed E-state index contributed by atoms with van der Waals surface area (Å²) >= 11 is 0. The molecule has 75 valence electrons. The molecule has 2 nitrogen and oxygen atoms in total. The second kappa shape index (κ2) is 6.19. The first-order chi connectivity index (χ1) is 6.86. The van der Waals surface area contributed by atoms with Crippen molar-refractivity contribution in [3.05, 3.63) is 29.8 Å². The van der Waals surface area contributed by atoms with Crippen LogP contribution in [0.4, 0.5) is 0 Å². The van der Waals surface area contributed by atoms with Crippen LogP contribution in [0.5, 0.6) is 5.75 Å². The molecule has 0 heterocycles. The van der Waals surface area contributed by atoms with E-state index < -0.39 is 0 Å². The molecular weight excluding hydrogens is 176 g/mol. The second-order valence-electron chi connectivity index (χ2n) is 3.18. The van der Waals surface area contributed by atoms with Crippen molar-refractivity contribution in [3.8, 4) is 5.75 Å². The Morgan fingerprint density at radius 2 is 2.00 bits per heavy atom. The average molecular weight is 191 g/mol. The molecule has 0 saturated carbocycles. The Morgan fingerprint density at radius 3 is 2.57 bits per heavy atom. The third-order valence-electron chi connectivity index (χ3n) is 2.04. The minimum absolute atomic E-state index is 0.00824. The summed E-state index contributed by atoms with van der Waals surface area (Å²) in [5, 5.41) is 0. The zero-order valence-corrected chi connectivity index (χ0v) is 8.45. The number of hydrogen-bond acceptors (Lipinski definition) is 2. The van der Waals surface area contributed by atoms with Gasteiger partial charge in [-0.15, -0.1) is 0 Å².